The van der Waals surface area contributed by atoms with Gasteiger partial charge in [-0.25, -0.2) is 0 Å². The number of hydrogen-bond acceptors (Lipinski definition) is 6. The number of nitrogens with one attached hydrogen (secondary N) is 1. The van der Waals surface area contributed by atoms with Crippen LogP contribution in [0, 0.1) is 0 Å². The predicted octanol–water partition coefficient (Wildman–Crippen LogP) is -0.161. The van der Waals surface area contributed by atoms with Crippen molar-refractivity contribution in [3.05, 3.63) is 0 Å². The van der Waals surface area contributed by atoms with Gasteiger partial charge in [-0.05, 0) is 0 Å². The first-order valence-electron chi connectivity index (χ1n) is 5.89. The molecule has 0 aromatic heterocycles. The van der Waals surface area contributed by atoms with E-state index < -0.39 is 8.25 Å². The van der Waals surface area contributed by atoms with Gasteiger partial charge in [0.05, 0.1) is 39.6 Å². The largest absolute Gasteiger partial charge is 0.694 e. The average molecular weight is 298 g/mol. The fourth-order valence-corrected chi connectivity index (χ4v) is 1.25. The van der Waals surface area contributed by atoms with Gasteiger partial charge in [-0.15, -0.1) is 9.42 Å². The third-order valence-electron chi connectivity index (χ3n) is 1.79. The molecule has 0 aromatic carbocycles. The summed E-state index contributed by atoms with van der Waals surface area (Å²) in [5.74, 6) is -0.0771. The lowest BCUT2D eigenvalue weighted by Gasteiger charge is -2.06. The molecule has 9 heteroatoms. The van der Waals surface area contributed by atoms with Crippen LogP contribution in [0.1, 0.15) is 6.92 Å². The van der Waals surface area contributed by atoms with E-state index >= 15 is 0 Å². The Kier molecular flexibility index (Phi) is 13.3. The highest BCUT2D eigenvalue weighted by Crippen LogP contribution is 2.12. The van der Waals surface area contributed by atoms with Gasteiger partial charge in [0.25, 0.3) is 0 Å². The molecule has 0 radical (unpaired) electrons. The van der Waals surface area contributed by atoms with Crippen molar-refractivity contribution in [2.45, 2.75) is 6.92 Å². The zero-order chi connectivity index (χ0) is 14.3. The summed E-state index contributed by atoms with van der Waals surface area (Å²) >= 11 is 0. The van der Waals surface area contributed by atoms with Crippen molar-refractivity contribution in [3.8, 4) is 0 Å². The summed E-state index contributed by atoms with van der Waals surface area (Å²) in [5.41, 5.74) is 0. The molecule has 0 spiro atoms. The first-order valence-corrected chi connectivity index (χ1v) is 7.02. The van der Waals surface area contributed by atoms with Crippen LogP contribution in [0.4, 0.5) is 0 Å². The third-order valence-corrected chi connectivity index (χ3v) is 2.20. The summed E-state index contributed by atoms with van der Waals surface area (Å²) in [7, 11) is -2.55. The van der Waals surface area contributed by atoms with E-state index in [2.05, 4.69) is 9.84 Å². The minimum atomic E-state index is -2.55. The highest BCUT2D eigenvalue weighted by molar-refractivity contribution is 7.32. The number of ether oxygens (including phenoxy) is 3. The molecule has 1 amide bonds. The van der Waals surface area contributed by atoms with Crippen molar-refractivity contribution in [1.82, 2.24) is 5.32 Å². The van der Waals surface area contributed by atoms with Crippen molar-refractivity contribution in [3.63, 3.8) is 0 Å². The lowest BCUT2D eigenvalue weighted by molar-refractivity contribution is -0.119. The molecule has 0 saturated heterocycles. The zero-order valence-corrected chi connectivity index (χ0v) is 11.9. The Bertz CT molecular complexity index is 228. The van der Waals surface area contributed by atoms with Crippen LogP contribution in [0.2, 0.25) is 0 Å². The number of hydrogen-bond donors (Lipinski definition) is 2. The number of carbonyl (C=O) groups is 1. The third kappa shape index (κ3) is 17.4. The van der Waals surface area contributed by atoms with E-state index in [4.69, 9.17) is 19.1 Å². The predicted molar refractivity (Wildman–Crippen MR) is 66.9 cm³/mol. The maximum atomic E-state index is 10.5. The number of carbonyl (C=O) groups excluding carboxylic acids is 1. The Morgan fingerprint density at radius 3 is 1.95 bits per heavy atom. The summed E-state index contributed by atoms with van der Waals surface area (Å²) in [5, 5.41) is 2.61. The molecule has 1 atom stereocenters. The summed E-state index contributed by atoms with van der Waals surface area (Å²) in [6, 6.07) is 0. The number of rotatable bonds is 13. The van der Waals surface area contributed by atoms with E-state index in [1.807, 2.05) is 0 Å². The van der Waals surface area contributed by atoms with E-state index in [-0.39, 0.29) is 19.1 Å². The molecule has 0 heterocycles. The van der Waals surface area contributed by atoms with Crippen LogP contribution >= 0.6 is 8.25 Å². The van der Waals surface area contributed by atoms with Gasteiger partial charge < -0.3 is 19.5 Å². The summed E-state index contributed by atoms with van der Waals surface area (Å²) in [6.07, 6.45) is 0. The Hall–Kier alpha value is -0.630. The highest BCUT2D eigenvalue weighted by Gasteiger charge is 2.10. The van der Waals surface area contributed by atoms with Crippen LogP contribution in [0.25, 0.3) is 0 Å². The van der Waals surface area contributed by atoms with Crippen LogP contribution in [0.5, 0.6) is 0 Å². The maximum absolute atomic E-state index is 10.5. The van der Waals surface area contributed by atoms with Crippen molar-refractivity contribution in [2.24, 2.45) is 0 Å². The van der Waals surface area contributed by atoms with Gasteiger partial charge in [-0.1, -0.05) is 0 Å². The maximum Gasteiger partial charge on any atom is 0.694 e. The van der Waals surface area contributed by atoms with Gasteiger partial charge in [0.2, 0.25) is 5.91 Å². The molecule has 0 bridgehead atoms. The molecule has 0 fully saturated rings. The first kappa shape index (κ1) is 18.4. The molecule has 19 heavy (non-hydrogen) atoms. The molecular weight excluding hydrogens is 277 g/mol. The van der Waals surface area contributed by atoms with Crippen molar-refractivity contribution in [2.75, 3.05) is 52.8 Å². The summed E-state index contributed by atoms with van der Waals surface area (Å²) in [6.45, 7) is 4.43. The van der Waals surface area contributed by atoms with Crippen molar-refractivity contribution >= 4 is 14.2 Å². The molecule has 8 nitrogen and oxygen atoms in total. The smallest absolute Gasteiger partial charge is 0.377 e. The van der Waals surface area contributed by atoms with Crippen molar-refractivity contribution < 1.29 is 33.0 Å². The second-order valence-electron chi connectivity index (χ2n) is 3.39. The molecule has 2 N–H and O–H groups in total. The van der Waals surface area contributed by atoms with E-state index in [0.717, 1.165) is 0 Å². The molecule has 0 aromatic rings. The van der Waals surface area contributed by atoms with Gasteiger partial charge >= 0.3 is 8.25 Å². The molecule has 0 aliphatic carbocycles. The van der Waals surface area contributed by atoms with Crippen LogP contribution in [-0.2, 0) is 28.1 Å². The SMILES string of the molecule is CC(=O)NCCOCCOCCOCCO[P+](=O)O. The van der Waals surface area contributed by atoms with Gasteiger partial charge in [0, 0.05) is 18.0 Å². The second kappa shape index (κ2) is 13.8. The van der Waals surface area contributed by atoms with E-state index in [1.165, 1.54) is 6.92 Å². The zero-order valence-electron chi connectivity index (χ0n) is 11.0. The second-order valence-corrected chi connectivity index (χ2v) is 4.13. The fourth-order valence-electron chi connectivity index (χ4n) is 1.02. The minimum Gasteiger partial charge on any atom is -0.377 e. The Morgan fingerprint density at radius 2 is 1.47 bits per heavy atom. The van der Waals surface area contributed by atoms with Gasteiger partial charge in [-0.2, -0.15) is 0 Å². The van der Waals surface area contributed by atoms with Crippen LogP contribution in [0.3, 0.4) is 0 Å². The van der Waals surface area contributed by atoms with Gasteiger partial charge in [0.1, 0.15) is 6.61 Å². The van der Waals surface area contributed by atoms with E-state index in [1.54, 1.807) is 0 Å². The average Bonchev–Trinajstić information content (AvgIpc) is 2.34. The van der Waals surface area contributed by atoms with Crippen LogP contribution in [0.15, 0.2) is 0 Å². The molecule has 0 aliphatic rings. The first-order chi connectivity index (χ1) is 9.13. The minimum absolute atomic E-state index is 0.0771. The molecule has 0 saturated carbocycles. The van der Waals surface area contributed by atoms with Crippen LogP contribution < -0.4 is 5.32 Å². The quantitative estimate of drug-likeness (QED) is 0.359. The molecular formula is C10H21NO7P+. The summed E-state index contributed by atoms with van der Waals surface area (Å²) in [4.78, 5) is 18.8. The van der Waals surface area contributed by atoms with Crippen LogP contribution in [-0.4, -0.2) is 63.6 Å². The molecule has 0 aliphatic heterocycles. The van der Waals surface area contributed by atoms with Gasteiger partial charge in [-0.3, -0.25) is 4.79 Å². The van der Waals surface area contributed by atoms with Crippen molar-refractivity contribution in [1.29, 1.82) is 0 Å². The highest BCUT2D eigenvalue weighted by atomic mass is 31.1. The standard InChI is InChI=1S/C10H20NO7P/c1-10(12)11-2-3-15-4-5-16-6-7-17-8-9-18-19(13)14/h2-9H2,1H3,(H-,11,12,13,14)/p+1. The molecule has 0 rings (SSSR count). The lowest BCUT2D eigenvalue weighted by atomic mass is 10.6. The monoisotopic (exact) mass is 298 g/mol. The van der Waals surface area contributed by atoms with E-state index in [0.29, 0.717) is 39.6 Å². The molecule has 112 valence electrons. The fraction of sp³-hybridized carbons (Fsp3) is 0.900. The normalized spacial score (nSPS) is 11.4. The Labute approximate surface area is 113 Å². The van der Waals surface area contributed by atoms with Gasteiger partial charge in [0.15, 0.2) is 0 Å². The van der Waals surface area contributed by atoms with E-state index in [9.17, 15) is 9.36 Å². The topological polar surface area (TPSA) is 103 Å². The molecule has 1 unspecified atom stereocenters. The number of amides is 1. The Balaban J connectivity index is 2.99. The summed E-state index contributed by atoms with van der Waals surface area (Å²) < 4.78 is 30.0. The lowest BCUT2D eigenvalue weighted by Crippen LogP contribution is -2.25. The Morgan fingerprint density at radius 1 is 1.00 bits per heavy atom.